The van der Waals surface area contributed by atoms with Gasteiger partial charge in [0, 0.05) is 53.7 Å². The minimum Gasteiger partial charge on any atom is -0.383 e. The second kappa shape index (κ2) is 12.6. The second-order valence-electron chi connectivity index (χ2n) is 13.2. The van der Waals surface area contributed by atoms with Crippen molar-refractivity contribution in [1.29, 1.82) is 0 Å². The zero-order chi connectivity index (χ0) is 33.7. The van der Waals surface area contributed by atoms with Gasteiger partial charge < -0.3 is 10.3 Å². The van der Waals surface area contributed by atoms with Crippen molar-refractivity contribution in [3.8, 4) is 11.1 Å². The van der Waals surface area contributed by atoms with E-state index in [-0.39, 0.29) is 5.41 Å². The summed E-state index contributed by atoms with van der Waals surface area (Å²) in [6.07, 6.45) is 7.63. The minimum absolute atomic E-state index is 0.127. The first-order chi connectivity index (χ1) is 23.9. The Morgan fingerprint density at radius 2 is 1.41 bits per heavy atom. The van der Waals surface area contributed by atoms with E-state index in [1.165, 1.54) is 64.0 Å². The van der Waals surface area contributed by atoms with E-state index >= 15 is 0 Å². The topological polar surface area (TPSA) is 43.3 Å². The summed E-state index contributed by atoms with van der Waals surface area (Å²) >= 11 is 3.79. The second-order valence-corrected chi connectivity index (χ2v) is 15.3. The molecule has 0 bridgehead atoms. The van der Waals surface area contributed by atoms with Crippen LogP contribution < -0.4 is 5.73 Å². The van der Waals surface area contributed by atoms with Crippen LogP contribution in [0.4, 0.5) is 0 Å². The Kier molecular flexibility index (Phi) is 8.13. The van der Waals surface area contributed by atoms with Crippen molar-refractivity contribution in [3.05, 3.63) is 155 Å². The molecule has 1 aliphatic heterocycles. The van der Waals surface area contributed by atoms with Crippen LogP contribution in [0.25, 0.3) is 33.8 Å². The molecule has 5 aromatic carbocycles. The van der Waals surface area contributed by atoms with Crippen molar-refractivity contribution in [2.24, 2.45) is 10.7 Å². The van der Waals surface area contributed by atoms with Crippen molar-refractivity contribution < 1.29 is 0 Å². The standard InChI is InChI=1S/C44H39N3S2/c1-5-15-36-30(6-2)31-22-23-33-41(32-26-39-40(27-34(32)44(33,3)4)49-38-21-14-13-20-37(38)48-39)42(31)47(36)25-24-35(28-16-9-7-10-17-28)46-43(45)29-18-11-8-12-19-29/h5,7-24,26-27H,6,25H2,1-4H3,(H2,45,46)/b15-5-,35-24-. The summed E-state index contributed by atoms with van der Waals surface area (Å²) in [7, 11) is 0. The first kappa shape index (κ1) is 31.6. The Hall–Kier alpha value is -4.71. The van der Waals surface area contributed by atoms with Crippen molar-refractivity contribution in [1.82, 2.24) is 4.57 Å². The normalized spacial score (nSPS) is 14.9. The van der Waals surface area contributed by atoms with Gasteiger partial charge in [-0.05, 0) is 77.6 Å². The Bertz CT molecular complexity index is 2330. The molecule has 2 heterocycles. The molecule has 0 saturated carbocycles. The molecule has 0 unspecified atom stereocenters. The quantitative estimate of drug-likeness (QED) is 0.135. The number of amidine groups is 1. The number of aliphatic imine (C=N–C) groups is 1. The molecule has 49 heavy (non-hydrogen) atoms. The molecule has 3 nitrogen and oxygen atoms in total. The van der Waals surface area contributed by atoms with Crippen molar-refractivity contribution in [2.45, 2.75) is 65.7 Å². The highest BCUT2D eigenvalue weighted by atomic mass is 32.2. The van der Waals surface area contributed by atoms with Gasteiger partial charge in [-0.1, -0.05) is 135 Å². The summed E-state index contributed by atoms with van der Waals surface area (Å²) in [4.78, 5) is 10.4. The third-order valence-electron chi connectivity index (χ3n) is 9.89. The average molecular weight is 674 g/mol. The van der Waals surface area contributed by atoms with Gasteiger partial charge in [0.05, 0.1) is 11.2 Å². The van der Waals surface area contributed by atoms with Gasteiger partial charge in [0.1, 0.15) is 5.84 Å². The van der Waals surface area contributed by atoms with Crippen LogP contribution in [0, 0.1) is 0 Å². The third-order valence-corrected chi connectivity index (χ3v) is 12.4. The van der Waals surface area contributed by atoms with E-state index in [4.69, 9.17) is 10.7 Å². The molecule has 0 fully saturated rings. The highest BCUT2D eigenvalue weighted by molar-refractivity contribution is 8.05. The molecule has 0 saturated heterocycles. The maximum absolute atomic E-state index is 6.63. The largest absolute Gasteiger partial charge is 0.383 e. The predicted molar refractivity (Wildman–Crippen MR) is 210 cm³/mol. The number of fused-ring (bicyclic) bond motifs is 7. The molecule has 0 spiro atoms. The number of hydrogen-bond donors (Lipinski definition) is 1. The lowest BCUT2D eigenvalue weighted by molar-refractivity contribution is 0.658. The molecule has 5 heteroatoms. The first-order valence-corrected chi connectivity index (χ1v) is 18.6. The molecule has 6 aromatic rings. The van der Waals surface area contributed by atoms with E-state index < -0.39 is 0 Å². The van der Waals surface area contributed by atoms with Gasteiger partial charge >= 0.3 is 0 Å². The van der Waals surface area contributed by atoms with E-state index in [9.17, 15) is 0 Å². The average Bonchev–Trinajstić information content (AvgIpc) is 3.55. The molecule has 0 radical (unpaired) electrons. The Labute approximate surface area is 297 Å². The Balaban J connectivity index is 1.34. The van der Waals surface area contributed by atoms with Crippen LogP contribution in [0.5, 0.6) is 0 Å². The number of benzene rings is 5. The molecule has 1 aromatic heterocycles. The maximum atomic E-state index is 6.63. The lowest BCUT2D eigenvalue weighted by Gasteiger charge is -2.24. The van der Waals surface area contributed by atoms with Gasteiger partial charge in [-0.25, -0.2) is 4.99 Å². The van der Waals surface area contributed by atoms with E-state index in [1.54, 1.807) is 0 Å². The number of hydrogen-bond acceptors (Lipinski definition) is 3. The summed E-state index contributed by atoms with van der Waals surface area (Å²) in [6.45, 7) is 9.81. The lowest BCUT2D eigenvalue weighted by atomic mass is 9.82. The van der Waals surface area contributed by atoms with E-state index in [1.807, 2.05) is 59.9 Å². The van der Waals surface area contributed by atoms with Crippen LogP contribution in [0.3, 0.4) is 0 Å². The molecule has 0 amide bonds. The molecule has 242 valence electrons. The summed E-state index contributed by atoms with van der Waals surface area (Å²) in [5, 5.41) is 1.32. The van der Waals surface area contributed by atoms with Crippen molar-refractivity contribution >= 4 is 52.0 Å². The number of nitrogens with two attached hydrogens (primary N) is 1. The monoisotopic (exact) mass is 673 g/mol. The fourth-order valence-corrected chi connectivity index (χ4v) is 9.78. The number of aryl methyl sites for hydroxylation is 1. The highest BCUT2D eigenvalue weighted by Gasteiger charge is 2.39. The number of rotatable bonds is 7. The van der Waals surface area contributed by atoms with Crippen LogP contribution in [-0.4, -0.2) is 10.4 Å². The van der Waals surface area contributed by atoms with Gasteiger partial charge in [-0.3, -0.25) is 0 Å². The van der Waals surface area contributed by atoms with Gasteiger partial charge in [0.25, 0.3) is 0 Å². The van der Waals surface area contributed by atoms with E-state index in [0.29, 0.717) is 12.4 Å². The molecule has 1 aliphatic carbocycles. The minimum atomic E-state index is -0.127. The van der Waals surface area contributed by atoms with E-state index in [0.717, 1.165) is 23.2 Å². The molecule has 2 aliphatic rings. The maximum Gasteiger partial charge on any atom is 0.131 e. The lowest BCUT2D eigenvalue weighted by Crippen LogP contribution is -2.15. The highest BCUT2D eigenvalue weighted by Crippen LogP contribution is 2.57. The molecular formula is C44H39N3S2. The van der Waals surface area contributed by atoms with Gasteiger partial charge in [-0.2, -0.15) is 0 Å². The smallest absolute Gasteiger partial charge is 0.131 e. The first-order valence-electron chi connectivity index (χ1n) is 17.0. The van der Waals surface area contributed by atoms with E-state index in [2.05, 4.69) is 123 Å². The fourth-order valence-electron chi connectivity index (χ4n) is 7.50. The van der Waals surface area contributed by atoms with Gasteiger partial charge in [0.15, 0.2) is 0 Å². The van der Waals surface area contributed by atoms with Crippen LogP contribution >= 0.6 is 23.5 Å². The summed E-state index contributed by atoms with van der Waals surface area (Å²) in [6, 6.07) is 38.9. The van der Waals surface area contributed by atoms with Crippen LogP contribution in [0.1, 0.15) is 61.2 Å². The summed E-state index contributed by atoms with van der Waals surface area (Å²) in [5.74, 6) is 0.509. The number of aromatic nitrogens is 1. The van der Waals surface area contributed by atoms with Crippen LogP contribution in [0.15, 0.2) is 146 Å². The molecule has 0 atom stereocenters. The number of allylic oxidation sites excluding steroid dienone is 2. The molecule has 8 rings (SSSR count). The number of nitrogens with zero attached hydrogens (tertiary/aromatic N) is 2. The Morgan fingerprint density at radius 3 is 2.06 bits per heavy atom. The molecule has 2 N–H and O–H groups in total. The van der Waals surface area contributed by atoms with Crippen molar-refractivity contribution in [3.63, 3.8) is 0 Å². The fraction of sp³-hybridized carbons (Fsp3) is 0.159. The van der Waals surface area contributed by atoms with Crippen molar-refractivity contribution in [2.75, 3.05) is 0 Å². The molecular weight excluding hydrogens is 635 g/mol. The summed E-state index contributed by atoms with van der Waals surface area (Å²) < 4.78 is 2.52. The third kappa shape index (κ3) is 5.36. The SMILES string of the molecule is C/C=C\c1c(CC)c2ccc3c(c2n1C/C=C(\N=C(N)c1ccccc1)c1ccccc1)-c1cc2c(cc1C3(C)C)Sc1ccccc1S2. The van der Waals surface area contributed by atoms with Crippen LogP contribution in [-0.2, 0) is 18.4 Å². The summed E-state index contributed by atoms with van der Waals surface area (Å²) in [5.41, 5.74) is 18.7. The van der Waals surface area contributed by atoms with Gasteiger partial charge in [0.2, 0.25) is 0 Å². The zero-order valence-corrected chi connectivity index (χ0v) is 30.0. The zero-order valence-electron chi connectivity index (χ0n) is 28.3. The predicted octanol–water partition coefficient (Wildman–Crippen LogP) is 11.6. The Morgan fingerprint density at radius 1 is 0.776 bits per heavy atom. The van der Waals surface area contributed by atoms with Crippen LogP contribution in [0.2, 0.25) is 0 Å². The van der Waals surface area contributed by atoms with Gasteiger partial charge in [-0.15, -0.1) is 0 Å².